The van der Waals surface area contributed by atoms with Gasteiger partial charge in [0, 0.05) is 38.9 Å². The van der Waals surface area contributed by atoms with E-state index in [1.807, 2.05) is 14.0 Å². The minimum atomic E-state index is -3.72. The number of nitrogens with zero attached hydrogens (tertiary/aromatic N) is 7. The van der Waals surface area contributed by atoms with Crippen molar-refractivity contribution < 1.29 is 13.0 Å². The number of pyridine rings is 1. The molecule has 0 aliphatic carbocycles. The lowest BCUT2D eigenvalue weighted by atomic mass is 10.4. The molecule has 0 atom stereocenters. The SMILES string of the molecule is CCn1c(-c2nonc2N)nc2cncc(S(=O)(=O)N3CCN(C)CC3)c21. The molecule has 0 saturated carbocycles. The molecule has 0 spiro atoms. The second kappa shape index (κ2) is 6.55. The number of hydrogen-bond donors (Lipinski definition) is 1. The van der Waals surface area contributed by atoms with E-state index < -0.39 is 10.0 Å². The molecule has 0 amide bonds. The monoisotopic (exact) mass is 392 g/mol. The Morgan fingerprint density at radius 1 is 1.19 bits per heavy atom. The van der Waals surface area contributed by atoms with Crippen LogP contribution >= 0.6 is 0 Å². The summed E-state index contributed by atoms with van der Waals surface area (Å²) in [7, 11) is -1.74. The van der Waals surface area contributed by atoms with Gasteiger partial charge < -0.3 is 15.2 Å². The fourth-order valence-electron chi connectivity index (χ4n) is 3.25. The average molecular weight is 392 g/mol. The zero-order chi connectivity index (χ0) is 19.2. The Kier molecular flexibility index (Phi) is 4.32. The second-order valence-corrected chi connectivity index (χ2v) is 8.30. The number of imidazole rings is 1. The van der Waals surface area contributed by atoms with Crippen LogP contribution in [0.4, 0.5) is 5.82 Å². The number of hydrogen-bond acceptors (Lipinski definition) is 9. The highest BCUT2D eigenvalue weighted by atomic mass is 32.2. The fraction of sp³-hybridized carbons (Fsp3) is 0.467. The molecule has 1 fully saturated rings. The van der Waals surface area contributed by atoms with Crippen LogP contribution < -0.4 is 5.73 Å². The number of fused-ring (bicyclic) bond motifs is 1. The lowest BCUT2D eigenvalue weighted by Gasteiger charge is -2.31. The van der Waals surface area contributed by atoms with E-state index in [4.69, 9.17) is 5.73 Å². The number of aromatic nitrogens is 5. The first-order chi connectivity index (χ1) is 12.9. The van der Waals surface area contributed by atoms with Crippen LogP contribution in [0.25, 0.3) is 22.6 Å². The van der Waals surface area contributed by atoms with Crippen LogP contribution in [-0.4, -0.2) is 75.7 Å². The van der Waals surface area contributed by atoms with Crippen LogP contribution in [0.15, 0.2) is 21.9 Å². The first kappa shape index (κ1) is 17.8. The molecule has 1 aliphatic heterocycles. The third-order valence-corrected chi connectivity index (χ3v) is 6.64. The van der Waals surface area contributed by atoms with E-state index in [0.717, 1.165) is 0 Å². The minimum absolute atomic E-state index is 0.0939. The molecule has 0 unspecified atom stereocenters. The van der Waals surface area contributed by atoms with Crippen LogP contribution in [0, 0.1) is 0 Å². The maximum absolute atomic E-state index is 13.3. The standard InChI is InChI=1S/C15H20N8O3S/c1-3-23-13-10(18-15(23)12-14(16)20-26-19-12)8-17-9-11(13)27(24,25)22-6-4-21(2)5-7-22/h8-9H,3-7H2,1-2H3,(H2,16,20). The summed E-state index contributed by atoms with van der Waals surface area (Å²) in [6.45, 7) is 4.59. The summed E-state index contributed by atoms with van der Waals surface area (Å²) >= 11 is 0. The van der Waals surface area contributed by atoms with E-state index in [9.17, 15) is 8.42 Å². The Hall–Kier alpha value is -2.57. The molecule has 4 rings (SSSR count). The van der Waals surface area contributed by atoms with Crippen molar-refractivity contribution in [2.24, 2.45) is 0 Å². The molecule has 12 heteroatoms. The lowest BCUT2D eigenvalue weighted by Crippen LogP contribution is -2.47. The van der Waals surface area contributed by atoms with Gasteiger partial charge in [0.2, 0.25) is 10.0 Å². The number of piperazine rings is 1. The largest absolute Gasteiger partial charge is 0.379 e. The summed E-state index contributed by atoms with van der Waals surface area (Å²) in [5, 5.41) is 7.38. The molecule has 27 heavy (non-hydrogen) atoms. The van der Waals surface area contributed by atoms with E-state index in [-0.39, 0.29) is 16.4 Å². The van der Waals surface area contributed by atoms with Gasteiger partial charge in [-0.15, -0.1) is 0 Å². The zero-order valence-corrected chi connectivity index (χ0v) is 15.8. The first-order valence-corrected chi connectivity index (χ1v) is 9.98. The highest BCUT2D eigenvalue weighted by molar-refractivity contribution is 7.89. The summed E-state index contributed by atoms with van der Waals surface area (Å²) in [6.07, 6.45) is 2.90. The maximum Gasteiger partial charge on any atom is 0.246 e. The van der Waals surface area contributed by atoms with Gasteiger partial charge in [-0.2, -0.15) is 4.31 Å². The number of rotatable bonds is 4. The molecule has 0 bridgehead atoms. The molecule has 144 valence electrons. The van der Waals surface area contributed by atoms with Gasteiger partial charge in [-0.1, -0.05) is 0 Å². The van der Waals surface area contributed by atoms with E-state index in [1.54, 1.807) is 4.57 Å². The van der Waals surface area contributed by atoms with Crippen LogP contribution in [0.1, 0.15) is 6.92 Å². The molecular weight excluding hydrogens is 372 g/mol. The number of likely N-dealkylation sites (N-methyl/N-ethyl adjacent to an activating group) is 1. The van der Waals surface area contributed by atoms with Gasteiger partial charge in [-0.05, 0) is 24.3 Å². The fourth-order valence-corrected chi connectivity index (χ4v) is 4.83. The van der Waals surface area contributed by atoms with Crippen molar-refractivity contribution >= 4 is 26.9 Å². The van der Waals surface area contributed by atoms with Gasteiger partial charge in [0.1, 0.15) is 10.4 Å². The highest BCUT2D eigenvalue weighted by Gasteiger charge is 2.31. The molecule has 2 N–H and O–H groups in total. The number of sulfonamides is 1. The van der Waals surface area contributed by atoms with E-state index >= 15 is 0 Å². The van der Waals surface area contributed by atoms with Gasteiger partial charge in [0.25, 0.3) is 0 Å². The van der Waals surface area contributed by atoms with E-state index in [0.29, 0.717) is 49.6 Å². The zero-order valence-electron chi connectivity index (χ0n) is 15.0. The van der Waals surface area contributed by atoms with Crippen molar-refractivity contribution in [3.8, 4) is 11.5 Å². The van der Waals surface area contributed by atoms with Crippen molar-refractivity contribution in [3.05, 3.63) is 12.4 Å². The highest BCUT2D eigenvalue weighted by Crippen LogP contribution is 2.31. The van der Waals surface area contributed by atoms with Crippen LogP contribution in [0.2, 0.25) is 0 Å². The Bertz CT molecular complexity index is 1080. The van der Waals surface area contributed by atoms with Crippen LogP contribution in [0.5, 0.6) is 0 Å². The topological polar surface area (TPSA) is 136 Å². The Morgan fingerprint density at radius 2 is 1.93 bits per heavy atom. The van der Waals surface area contributed by atoms with E-state index in [2.05, 4.69) is 29.8 Å². The van der Waals surface area contributed by atoms with Gasteiger partial charge in [-0.3, -0.25) is 4.98 Å². The van der Waals surface area contributed by atoms with Crippen molar-refractivity contribution in [3.63, 3.8) is 0 Å². The van der Waals surface area contributed by atoms with Crippen molar-refractivity contribution in [2.75, 3.05) is 39.0 Å². The molecule has 1 aliphatic rings. The summed E-state index contributed by atoms with van der Waals surface area (Å²) < 4.78 is 34.5. The Balaban J connectivity index is 1.90. The lowest BCUT2D eigenvalue weighted by molar-refractivity contribution is 0.222. The molecule has 0 radical (unpaired) electrons. The third kappa shape index (κ3) is 2.85. The van der Waals surface area contributed by atoms with Gasteiger partial charge in [0.05, 0.1) is 11.7 Å². The summed E-state index contributed by atoms with van der Waals surface area (Å²) in [5.41, 5.74) is 7.00. The molecule has 1 saturated heterocycles. The van der Waals surface area contributed by atoms with Gasteiger partial charge in [0.15, 0.2) is 17.3 Å². The summed E-state index contributed by atoms with van der Waals surface area (Å²) in [6, 6.07) is 0. The maximum atomic E-state index is 13.3. The molecule has 3 aromatic rings. The van der Waals surface area contributed by atoms with E-state index in [1.165, 1.54) is 16.7 Å². The molecule has 0 aromatic carbocycles. The molecule has 3 aromatic heterocycles. The van der Waals surface area contributed by atoms with Crippen LogP contribution in [-0.2, 0) is 16.6 Å². The molecule has 4 heterocycles. The minimum Gasteiger partial charge on any atom is -0.379 e. The third-order valence-electron chi connectivity index (χ3n) is 4.74. The second-order valence-electron chi connectivity index (χ2n) is 6.39. The predicted octanol–water partition coefficient (Wildman–Crippen LogP) is 0.0195. The smallest absolute Gasteiger partial charge is 0.246 e. The molecular formula is C15H20N8O3S. The van der Waals surface area contributed by atoms with Crippen molar-refractivity contribution in [1.82, 2.24) is 34.1 Å². The molecule has 11 nitrogen and oxygen atoms in total. The van der Waals surface area contributed by atoms with Gasteiger partial charge in [-0.25, -0.2) is 18.0 Å². The van der Waals surface area contributed by atoms with Crippen LogP contribution in [0.3, 0.4) is 0 Å². The number of nitrogens with two attached hydrogens (primary N) is 1. The Morgan fingerprint density at radius 3 is 2.56 bits per heavy atom. The van der Waals surface area contributed by atoms with Gasteiger partial charge >= 0.3 is 0 Å². The van der Waals surface area contributed by atoms with Crippen molar-refractivity contribution in [2.45, 2.75) is 18.4 Å². The number of aryl methyl sites for hydroxylation is 1. The normalized spacial score (nSPS) is 17.0. The number of nitrogen functional groups attached to an aromatic ring is 1. The average Bonchev–Trinajstić information content (AvgIpc) is 3.24. The Labute approximate surface area is 155 Å². The predicted molar refractivity (Wildman–Crippen MR) is 97.2 cm³/mol. The van der Waals surface area contributed by atoms with Crippen molar-refractivity contribution in [1.29, 1.82) is 0 Å². The summed E-state index contributed by atoms with van der Waals surface area (Å²) in [5.74, 6) is 0.491. The summed E-state index contributed by atoms with van der Waals surface area (Å²) in [4.78, 5) is 10.8. The first-order valence-electron chi connectivity index (χ1n) is 8.54. The number of anilines is 1. The quantitative estimate of drug-likeness (QED) is 0.651.